The first-order chi connectivity index (χ1) is 16.8. The summed E-state index contributed by atoms with van der Waals surface area (Å²) in [5.74, 6) is -1.62. The SMILES string of the molecule is O=C(O)c1ccc(S(=O)(=O)N[C@@H](CC2=[CH][In][CH]=C2)C(=O)Nc2ccc(N3CCOCC3)cc2)cc1. The summed E-state index contributed by atoms with van der Waals surface area (Å²) in [5.41, 5.74) is 2.52. The summed E-state index contributed by atoms with van der Waals surface area (Å²) >= 11 is -0.911. The predicted molar refractivity (Wildman–Crippen MR) is 133 cm³/mol. The van der Waals surface area contributed by atoms with Crippen LogP contribution < -0.4 is 14.9 Å². The van der Waals surface area contributed by atoms with Crippen molar-refractivity contribution in [2.45, 2.75) is 17.4 Å². The molecule has 11 heteroatoms. The molecule has 1 fully saturated rings. The van der Waals surface area contributed by atoms with Gasteiger partial charge < -0.3 is 4.74 Å². The third-order valence-electron chi connectivity index (χ3n) is 5.71. The number of carboxylic acid groups (broad SMARTS) is 1. The van der Waals surface area contributed by atoms with Crippen molar-refractivity contribution in [1.82, 2.24) is 4.72 Å². The molecule has 2 aromatic carbocycles. The van der Waals surface area contributed by atoms with Gasteiger partial charge in [-0.3, -0.25) is 0 Å². The van der Waals surface area contributed by atoms with Gasteiger partial charge in [0.25, 0.3) is 0 Å². The Balaban J connectivity index is 1.49. The number of amides is 1. The number of carboxylic acids is 1. The number of allylic oxidation sites excluding steroid dienone is 1. The molecule has 1 atom stereocenters. The molecular formula is C24H25InN3O6S. The number of hydrogen-bond acceptors (Lipinski definition) is 6. The Labute approximate surface area is 215 Å². The van der Waals surface area contributed by atoms with Gasteiger partial charge >= 0.3 is 198 Å². The number of nitrogens with zero attached hydrogens (tertiary/aromatic N) is 1. The fraction of sp³-hybridized carbons (Fsp3) is 0.250. The first-order valence-corrected chi connectivity index (χ1v) is 16.4. The Morgan fingerprint density at radius 2 is 1.74 bits per heavy atom. The van der Waals surface area contributed by atoms with Crippen LogP contribution in [-0.4, -0.2) is 80.7 Å². The summed E-state index contributed by atoms with van der Waals surface area (Å²) in [6, 6.07) is 11.3. The fourth-order valence-corrected chi connectivity index (χ4v) is 7.76. The molecule has 35 heavy (non-hydrogen) atoms. The molecule has 0 spiro atoms. The van der Waals surface area contributed by atoms with Gasteiger partial charge in [-0.2, -0.15) is 0 Å². The van der Waals surface area contributed by atoms with Crippen LogP contribution in [0.1, 0.15) is 16.8 Å². The minimum atomic E-state index is -4.06. The summed E-state index contributed by atoms with van der Waals surface area (Å²) in [4.78, 5) is 26.3. The summed E-state index contributed by atoms with van der Waals surface area (Å²) in [6.07, 6.45) is 2.18. The van der Waals surface area contributed by atoms with Crippen molar-refractivity contribution in [2.24, 2.45) is 0 Å². The molecule has 0 bridgehead atoms. The molecule has 9 nitrogen and oxygen atoms in total. The Kier molecular flexibility index (Phi) is 8.32. The van der Waals surface area contributed by atoms with E-state index < -0.39 is 50.8 Å². The van der Waals surface area contributed by atoms with Crippen LogP contribution in [0.5, 0.6) is 0 Å². The summed E-state index contributed by atoms with van der Waals surface area (Å²) in [7, 11) is -4.06. The maximum absolute atomic E-state index is 13.2. The standard InChI is InChI=1S/C24H25N3O6S.In/c1-3-17(2)16-22(26-34(31,32)21-10-4-18(5-11-21)24(29)30)23(28)25-19-6-8-20(9-7-19)27-12-14-33-15-13-27;/h1-11,22,26H,12-16H2,(H,25,28)(H,29,30);/t22-;/m0./s1. The summed E-state index contributed by atoms with van der Waals surface area (Å²) < 4.78 is 38.1. The van der Waals surface area contributed by atoms with Gasteiger partial charge in [0, 0.05) is 0 Å². The number of nitrogens with one attached hydrogen (secondary N) is 2. The van der Waals surface area contributed by atoms with Crippen LogP contribution >= 0.6 is 0 Å². The van der Waals surface area contributed by atoms with Crippen molar-refractivity contribution < 1.29 is 27.9 Å². The van der Waals surface area contributed by atoms with Crippen LogP contribution in [0.3, 0.4) is 0 Å². The maximum atomic E-state index is 13.2. The van der Waals surface area contributed by atoms with Crippen LogP contribution in [0.4, 0.5) is 11.4 Å². The van der Waals surface area contributed by atoms with Crippen LogP contribution in [0.15, 0.2) is 72.7 Å². The molecular weight excluding hydrogens is 573 g/mol. The molecule has 2 aliphatic heterocycles. The number of benzene rings is 2. The average molecular weight is 598 g/mol. The second kappa shape index (κ2) is 11.4. The molecule has 2 heterocycles. The number of rotatable bonds is 9. The van der Waals surface area contributed by atoms with Gasteiger partial charge in [0.1, 0.15) is 0 Å². The average Bonchev–Trinajstić information content (AvgIpc) is 3.38. The molecule has 2 aromatic rings. The number of carbonyl (C=O) groups excluding carboxylic acids is 1. The van der Waals surface area contributed by atoms with Gasteiger partial charge in [0.05, 0.1) is 13.2 Å². The van der Waals surface area contributed by atoms with E-state index in [2.05, 4.69) is 22.6 Å². The first kappa shape index (κ1) is 25.5. The van der Waals surface area contributed by atoms with Crippen molar-refractivity contribution in [3.63, 3.8) is 0 Å². The van der Waals surface area contributed by atoms with Crippen LogP contribution in [0, 0.1) is 0 Å². The fourth-order valence-electron chi connectivity index (χ4n) is 3.81. The van der Waals surface area contributed by atoms with E-state index in [9.17, 15) is 18.0 Å². The quantitative estimate of drug-likeness (QED) is 0.404. The molecule has 0 unspecified atom stereocenters. The molecule has 0 aliphatic carbocycles. The molecule has 1 amide bonds. The first-order valence-electron chi connectivity index (χ1n) is 11.1. The molecule has 0 saturated carbocycles. The van der Waals surface area contributed by atoms with E-state index in [-0.39, 0.29) is 16.9 Å². The van der Waals surface area contributed by atoms with E-state index in [0.29, 0.717) is 18.9 Å². The number of hydrogen-bond donors (Lipinski definition) is 3. The number of ether oxygens (including phenoxy) is 1. The number of morpholine rings is 1. The molecule has 3 N–H and O–H groups in total. The Bertz CT molecular complexity index is 1240. The van der Waals surface area contributed by atoms with Crippen molar-refractivity contribution in [2.75, 3.05) is 36.5 Å². The van der Waals surface area contributed by atoms with Gasteiger partial charge in [-0.05, 0) is 0 Å². The molecule has 1 radical (unpaired) electrons. The summed E-state index contributed by atoms with van der Waals surface area (Å²) in [6.45, 7) is 2.95. The van der Waals surface area contributed by atoms with Crippen LogP contribution in [-0.2, 0) is 19.6 Å². The van der Waals surface area contributed by atoms with E-state index in [0.717, 1.165) is 24.4 Å². The number of aromatic carboxylic acids is 1. The van der Waals surface area contributed by atoms with Gasteiger partial charge in [-0.1, -0.05) is 0 Å². The van der Waals surface area contributed by atoms with E-state index in [1.165, 1.54) is 24.3 Å². The zero-order chi connectivity index (χ0) is 24.8. The Morgan fingerprint density at radius 3 is 2.34 bits per heavy atom. The van der Waals surface area contributed by atoms with Gasteiger partial charge in [0.2, 0.25) is 0 Å². The molecule has 4 rings (SSSR count). The molecule has 181 valence electrons. The third-order valence-corrected chi connectivity index (χ3v) is 10.2. The predicted octanol–water partition coefficient (Wildman–Crippen LogP) is 2.01. The second-order valence-electron chi connectivity index (χ2n) is 8.14. The van der Waals surface area contributed by atoms with Crippen LogP contribution in [0.2, 0.25) is 0 Å². The molecule has 1 saturated heterocycles. The number of sulfonamides is 1. The molecule has 0 aromatic heterocycles. The summed E-state index contributed by atoms with van der Waals surface area (Å²) in [5, 5.41) is 11.9. The van der Waals surface area contributed by atoms with Crippen molar-refractivity contribution in [3.05, 3.63) is 73.4 Å². The zero-order valence-corrected chi connectivity index (χ0v) is 23.0. The van der Waals surface area contributed by atoms with E-state index in [1.54, 1.807) is 12.1 Å². The van der Waals surface area contributed by atoms with Crippen molar-refractivity contribution in [1.29, 1.82) is 0 Å². The van der Waals surface area contributed by atoms with Crippen molar-refractivity contribution in [3.8, 4) is 0 Å². The second-order valence-corrected chi connectivity index (χ2v) is 13.0. The Morgan fingerprint density at radius 1 is 1.06 bits per heavy atom. The molecule has 2 aliphatic rings. The normalized spacial score (nSPS) is 16.3. The van der Waals surface area contributed by atoms with E-state index in [4.69, 9.17) is 9.84 Å². The van der Waals surface area contributed by atoms with E-state index in [1.807, 2.05) is 18.2 Å². The van der Waals surface area contributed by atoms with Gasteiger partial charge in [0.15, 0.2) is 0 Å². The van der Waals surface area contributed by atoms with Crippen LogP contribution in [0.25, 0.3) is 0 Å². The third kappa shape index (κ3) is 6.75. The van der Waals surface area contributed by atoms with Gasteiger partial charge in [-0.15, -0.1) is 0 Å². The van der Waals surface area contributed by atoms with Gasteiger partial charge in [-0.25, -0.2) is 0 Å². The van der Waals surface area contributed by atoms with E-state index >= 15 is 0 Å². The monoisotopic (exact) mass is 598 g/mol. The Hall–Kier alpha value is -2.60. The number of carbonyl (C=O) groups is 2. The minimum absolute atomic E-state index is 0.0215. The van der Waals surface area contributed by atoms with Crippen molar-refractivity contribution >= 4 is 56.2 Å². The zero-order valence-electron chi connectivity index (χ0n) is 18.9. The number of anilines is 2. The topological polar surface area (TPSA) is 125 Å².